The molecule has 0 aromatic carbocycles. The molecule has 7 nitrogen and oxygen atoms in total. The number of hydrogen-bond donors (Lipinski definition) is 0. The molecule has 1 unspecified atom stereocenters. The zero-order valence-corrected chi connectivity index (χ0v) is 17.9. The molecule has 1 saturated heterocycles. The first kappa shape index (κ1) is 24.1. The van der Waals surface area contributed by atoms with Gasteiger partial charge in [-0.15, -0.1) is 11.6 Å². The van der Waals surface area contributed by atoms with Crippen molar-refractivity contribution < 1.29 is 33.3 Å². The number of hydrogen-bond acceptors (Lipinski definition) is 7. The Balaban J connectivity index is 1.88. The van der Waals surface area contributed by atoms with Gasteiger partial charge in [-0.3, -0.25) is 9.59 Å². The molecule has 0 radical (unpaired) electrons. The number of aldehydes is 1. The van der Waals surface area contributed by atoms with Crippen molar-refractivity contribution in [3.63, 3.8) is 0 Å². The highest BCUT2D eigenvalue weighted by Gasteiger charge is 2.46. The van der Waals surface area contributed by atoms with Crippen molar-refractivity contribution in [2.75, 3.05) is 19.6 Å². The molecule has 1 saturated carbocycles. The fourth-order valence-corrected chi connectivity index (χ4v) is 4.31. The lowest BCUT2D eigenvalue weighted by molar-refractivity contribution is -0.195. The molecule has 1 aliphatic heterocycles. The minimum atomic E-state index is -0.473. The van der Waals surface area contributed by atoms with Crippen molar-refractivity contribution in [3.05, 3.63) is 0 Å². The number of alkyl halides is 1. The molecule has 166 valence electrons. The second-order valence-electron chi connectivity index (χ2n) is 7.77. The molecule has 2 rings (SSSR count). The van der Waals surface area contributed by atoms with E-state index >= 15 is 0 Å². The molecule has 2 fully saturated rings. The lowest BCUT2D eigenvalue weighted by Gasteiger charge is -2.28. The van der Waals surface area contributed by atoms with Gasteiger partial charge in [0.25, 0.3) is 0 Å². The van der Waals surface area contributed by atoms with Crippen molar-refractivity contribution in [2.24, 2.45) is 11.8 Å². The van der Waals surface area contributed by atoms with Crippen LogP contribution in [0.15, 0.2) is 0 Å². The van der Waals surface area contributed by atoms with Gasteiger partial charge in [0.15, 0.2) is 6.29 Å². The average molecular weight is 433 g/mol. The summed E-state index contributed by atoms with van der Waals surface area (Å²) in [6.45, 7) is 0.669. The molecule has 0 amide bonds. The van der Waals surface area contributed by atoms with Gasteiger partial charge in [-0.25, -0.2) is 0 Å². The van der Waals surface area contributed by atoms with Crippen LogP contribution in [0.4, 0.5) is 0 Å². The Hall–Kier alpha value is -1.18. The van der Waals surface area contributed by atoms with Crippen LogP contribution in [0.5, 0.6) is 0 Å². The van der Waals surface area contributed by atoms with E-state index in [1.54, 1.807) is 0 Å². The van der Waals surface area contributed by atoms with Crippen molar-refractivity contribution in [1.82, 2.24) is 0 Å². The topological polar surface area (TPSA) is 88.1 Å². The van der Waals surface area contributed by atoms with Gasteiger partial charge in [-0.2, -0.15) is 0 Å². The molecule has 0 aromatic rings. The SMILES string of the molecule is COC(=O)CCCCCC[C@@H]1[C@@H](C=O)[C@H](OC2CCCCO2)C[C@@H]1OC(=O)CCl. The Kier molecular flexibility index (Phi) is 11.0. The van der Waals surface area contributed by atoms with Crippen LogP contribution in [0.25, 0.3) is 0 Å². The molecule has 0 spiro atoms. The lowest BCUT2D eigenvalue weighted by atomic mass is 9.89. The van der Waals surface area contributed by atoms with E-state index in [1.807, 2.05) is 0 Å². The third-order valence-electron chi connectivity index (χ3n) is 5.78. The summed E-state index contributed by atoms with van der Waals surface area (Å²) in [5, 5.41) is 0. The van der Waals surface area contributed by atoms with Crippen molar-refractivity contribution >= 4 is 29.8 Å². The fraction of sp³-hybridized carbons (Fsp3) is 0.857. The minimum Gasteiger partial charge on any atom is -0.469 e. The predicted molar refractivity (Wildman–Crippen MR) is 106 cm³/mol. The number of halogens is 1. The quantitative estimate of drug-likeness (QED) is 0.202. The van der Waals surface area contributed by atoms with Crippen LogP contribution < -0.4 is 0 Å². The summed E-state index contributed by atoms with van der Waals surface area (Å²) in [5.74, 6) is -1.30. The third-order valence-corrected chi connectivity index (χ3v) is 5.99. The van der Waals surface area contributed by atoms with Crippen LogP contribution in [0.1, 0.15) is 64.2 Å². The predicted octanol–water partition coefficient (Wildman–Crippen LogP) is 3.40. The molecule has 0 aromatic heterocycles. The van der Waals surface area contributed by atoms with Gasteiger partial charge in [-0.05, 0) is 32.1 Å². The highest BCUT2D eigenvalue weighted by molar-refractivity contribution is 6.26. The van der Waals surface area contributed by atoms with Crippen LogP contribution in [-0.4, -0.2) is 56.3 Å². The van der Waals surface area contributed by atoms with E-state index in [4.69, 9.17) is 25.8 Å². The number of carbonyl (C=O) groups is 3. The van der Waals surface area contributed by atoms with E-state index in [2.05, 4.69) is 4.74 Å². The van der Waals surface area contributed by atoms with Crippen LogP contribution in [-0.2, 0) is 33.3 Å². The van der Waals surface area contributed by atoms with Gasteiger partial charge in [0.2, 0.25) is 0 Å². The van der Waals surface area contributed by atoms with Gasteiger partial charge >= 0.3 is 11.9 Å². The van der Waals surface area contributed by atoms with Crippen LogP contribution in [0, 0.1) is 11.8 Å². The van der Waals surface area contributed by atoms with E-state index in [1.165, 1.54) is 7.11 Å². The highest BCUT2D eigenvalue weighted by atomic mass is 35.5. The Bertz CT molecular complexity index is 521. The zero-order chi connectivity index (χ0) is 21.1. The van der Waals surface area contributed by atoms with Gasteiger partial charge in [-0.1, -0.05) is 19.3 Å². The summed E-state index contributed by atoms with van der Waals surface area (Å²) in [5.41, 5.74) is 0. The third kappa shape index (κ3) is 7.87. The molecule has 5 atom stereocenters. The number of rotatable bonds is 12. The molecule has 29 heavy (non-hydrogen) atoms. The molecule has 2 aliphatic rings. The van der Waals surface area contributed by atoms with Gasteiger partial charge in [0, 0.05) is 31.3 Å². The maximum Gasteiger partial charge on any atom is 0.321 e. The van der Waals surface area contributed by atoms with E-state index in [0.717, 1.165) is 57.7 Å². The van der Waals surface area contributed by atoms with E-state index in [-0.39, 0.29) is 42.2 Å². The largest absolute Gasteiger partial charge is 0.469 e. The maximum atomic E-state index is 11.9. The molecular weight excluding hydrogens is 400 g/mol. The van der Waals surface area contributed by atoms with Crippen molar-refractivity contribution in [3.8, 4) is 0 Å². The Morgan fingerprint density at radius 3 is 2.55 bits per heavy atom. The number of esters is 2. The molecule has 8 heteroatoms. The first-order chi connectivity index (χ1) is 14.1. The summed E-state index contributed by atoms with van der Waals surface area (Å²) in [4.78, 5) is 34.8. The number of unbranched alkanes of at least 4 members (excludes halogenated alkanes) is 3. The smallest absolute Gasteiger partial charge is 0.321 e. The Labute approximate surface area is 177 Å². The van der Waals surface area contributed by atoms with Gasteiger partial charge in [0.1, 0.15) is 18.3 Å². The standard InChI is InChI=1S/C21H33ClO7/c1-26-19(24)9-5-3-2-4-8-15-16(14-23)18(12-17(15)28-20(25)13-22)29-21-10-6-7-11-27-21/h14-18,21H,2-13H2,1H3/t15-,16-,17+,18-,21?/m1/s1. The maximum absolute atomic E-state index is 11.9. The van der Waals surface area contributed by atoms with Gasteiger partial charge < -0.3 is 23.7 Å². The Morgan fingerprint density at radius 1 is 1.10 bits per heavy atom. The minimum absolute atomic E-state index is 0.0890. The van der Waals surface area contributed by atoms with E-state index < -0.39 is 5.97 Å². The number of carbonyl (C=O) groups excluding carboxylic acids is 3. The number of ether oxygens (including phenoxy) is 4. The summed E-state index contributed by atoms with van der Waals surface area (Å²) in [6.07, 6.45) is 8.02. The molecule has 0 N–H and O–H groups in total. The highest BCUT2D eigenvalue weighted by Crippen LogP contribution is 2.40. The van der Waals surface area contributed by atoms with Crippen LogP contribution >= 0.6 is 11.6 Å². The molecular formula is C21H33ClO7. The normalized spacial score (nSPS) is 29.4. The molecule has 0 bridgehead atoms. The van der Waals surface area contributed by atoms with Gasteiger partial charge in [0.05, 0.1) is 13.2 Å². The van der Waals surface area contributed by atoms with E-state index in [0.29, 0.717) is 19.4 Å². The zero-order valence-electron chi connectivity index (χ0n) is 17.2. The first-order valence-electron chi connectivity index (χ1n) is 10.6. The number of methoxy groups -OCH3 is 1. The monoisotopic (exact) mass is 432 g/mol. The fourth-order valence-electron chi connectivity index (χ4n) is 4.25. The molecule has 1 heterocycles. The lowest BCUT2D eigenvalue weighted by Crippen LogP contribution is -2.32. The first-order valence-corrected chi connectivity index (χ1v) is 11.2. The van der Waals surface area contributed by atoms with Crippen molar-refractivity contribution in [1.29, 1.82) is 0 Å². The van der Waals surface area contributed by atoms with E-state index in [9.17, 15) is 14.4 Å². The summed E-state index contributed by atoms with van der Waals surface area (Å²) in [6, 6.07) is 0. The van der Waals surface area contributed by atoms with Crippen molar-refractivity contribution in [2.45, 2.75) is 82.7 Å². The van der Waals surface area contributed by atoms with Crippen LogP contribution in [0.2, 0.25) is 0 Å². The summed E-state index contributed by atoms with van der Waals surface area (Å²) < 4.78 is 21.9. The van der Waals surface area contributed by atoms with Crippen LogP contribution in [0.3, 0.4) is 0 Å². The summed E-state index contributed by atoms with van der Waals surface area (Å²) >= 11 is 5.61. The Morgan fingerprint density at radius 2 is 1.90 bits per heavy atom. The average Bonchev–Trinajstić information content (AvgIpc) is 3.06. The summed E-state index contributed by atoms with van der Waals surface area (Å²) in [7, 11) is 1.39. The second kappa shape index (κ2) is 13.2. The second-order valence-corrected chi connectivity index (χ2v) is 8.04. The molecule has 1 aliphatic carbocycles.